The predicted octanol–water partition coefficient (Wildman–Crippen LogP) is 5.36. The van der Waals surface area contributed by atoms with Gasteiger partial charge >= 0.3 is 0 Å². The molecule has 0 aliphatic carbocycles. The molecule has 2 aromatic carbocycles. The molecule has 0 heterocycles. The molecule has 0 aliphatic heterocycles. The summed E-state index contributed by atoms with van der Waals surface area (Å²) in [5, 5.41) is 3.04. The number of benzene rings is 2. The third-order valence-electron chi connectivity index (χ3n) is 4.92. The van der Waals surface area contributed by atoms with Gasteiger partial charge in [0.05, 0.1) is 4.90 Å². The number of carbonyl (C=O) groups is 1. The fourth-order valence-electron chi connectivity index (χ4n) is 3.80. The number of sulfonamides is 1. The zero-order chi connectivity index (χ0) is 22.9. The molecule has 2 N–H and O–H groups in total. The van der Waals surface area contributed by atoms with E-state index in [9.17, 15) is 13.2 Å². The molecule has 1 amide bonds. The third-order valence-corrected chi connectivity index (χ3v) is 6.45. The smallest absolute Gasteiger partial charge is 0.262 e. The molecule has 2 aromatic rings. The summed E-state index contributed by atoms with van der Waals surface area (Å²) >= 11 is 0. The molecule has 6 heteroatoms. The molecule has 0 aromatic heterocycles. The summed E-state index contributed by atoms with van der Waals surface area (Å²) in [6.07, 6.45) is 0.789. The summed E-state index contributed by atoms with van der Waals surface area (Å²) in [4.78, 5) is 12.9. The average molecular weight is 431 g/mol. The van der Waals surface area contributed by atoms with Crippen LogP contribution in [0.25, 0.3) is 0 Å². The fraction of sp³-hybridized carbons (Fsp3) is 0.458. The van der Waals surface area contributed by atoms with Crippen molar-refractivity contribution in [2.75, 3.05) is 4.72 Å². The monoisotopic (exact) mass is 430 g/mol. The Bertz CT molecular complexity index is 1050. The van der Waals surface area contributed by atoms with E-state index in [0.717, 1.165) is 17.5 Å². The van der Waals surface area contributed by atoms with Gasteiger partial charge in [-0.3, -0.25) is 9.52 Å². The fourth-order valence-corrected chi connectivity index (χ4v) is 5.12. The van der Waals surface area contributed by atoms with Crippen molar-refractivity contribution < 1.29 is 13.2 Å². The second-order valence-corrected chi connectivity index (χ2v) is 11.6. The summed E-state index contributed by atoms with van der Waals surface area (Å²) in [6.45, 7) is 15.9. The quantitative estimate of drug-likeness (QED) is 0.648. The van der Waals surface area contributed by atoms with Gasteiger partial charge in [-0.05, 0) is 87.4 Å². The molecule has 0 saturated carbocycles. The van der Waals surface area contributed by atoms with Crippen molar-refractivity contribution in [2.45, 2.75) is 72.2 Å². The van der Waals surface area contributed by atoms with Crippen LogP contribution < -0.4 is 10.0 Å². The van der Waals surface area contributed by atoms with Crippen molar-refractivity contribution in [1.29, 1.82) is 0 Å². The van der Waals surface area contributed by atoms with Gasteiger partial charge in [0, 0.05) is 16.8 Å². The minimum Gasteiger partial charge on any atom is -0.347 e. The van der Waals surface area contributed by atoms with Crippen LogP contribution in [0.3, 0.4) is 0 Å². The third kappa shape index (κ3) is 6.33. The zero-order valence-corrected chi connectivity index (χ0v) is 20.1. The van der Waals surface area contributed by atoms with E-state index >= 15 is 0 Å². The molecule has 0 spiro atoms. The molecular formula is C24H34N2O3S. The van der Waals surface area contributed by atoms with Gasteiger partial charge in [0.1, 0.15) is 0 Å². The van der Waals surface area contributed by atoms with Crippen LogP contribution in [0.2, 0.25) is 0 Å². The molecule has 0 saturated heterocycles. The Morgan fingerprint density at radius 1 is 0.867 bits per heavy atom. The lowest BCUT2D eigenvalue weighted by molar-refractivity contribution is 0.0891. The van der Waals surface area contributed by atoms with Crippen LogP contribution in [0.4, 0.5) is 5.69 Å². The summed E-state index contributed by atoms with van der Waals surface area (Å²) in [5.74, 6) is -0.285. The van der Waals surface area contributed by atoms with Gasteiger partial charge in [-0.15, -0.1) is 0 Å². The Balaban J connectivity index is 2.31. The Morgan fingerprint density at radius 2 is 1.47 bits per heavy atom. The van der Waals surface area contributed by atoms with E-state index < -0.39 is 15.6 Å². The van der Waals surface area contributed by atoms with Crippen molar-refractivity contribution in [1.82, 2.24) is 5.32 Å². The summed E-state index contributed by atoms with van der Waals surface area (Å²) < 4.78 is 28.7. The van der Waals surface area contributed by atoms with Crippen molar-refractivity contribution in [2.24, 2.45) is 5.41 Å². The first-order chi connectivity index (χ1) is 13.6. The topological polar surface area (TPSA) is 75.3 Å². The van der Waals surface area contributed by atoms with Crippen LogP contribution in [0.15, 0.2) is 41.3 Å². The highest BCUT2D eigenvalue weighted by Gasteiger charge is 2.28. The van der Waals surface area contributed by atoms with E-state index in [4.69, 9.17) is 0 Å². The Hall–Kier alpha value is -2.34. The van der Waals surface area contributed by atoms with Gasteiger partial charge in [-0.1, -0.05) is 32.9 Å². The second kappa shape index (κ2) is 8.42. The normalized spacial score (nSPS) is 12.5. The highest BCUT2D eigenvalue weighted by atomic mass is 32.2. The minimum atomic E-state index is -3.83. The molecule has 164 valence electrons. The van der Waals surface area contributed by atoms with Gasteiger partial charge < -0.3 is 5.32 Å². The lowest BCUT2D eigenvalue weighted by Gasteiger charge is -2.33. The summed E-state index contributed by atoms with van der Waals surface area (Å²) in [5.41, 5.74) is 3.12. The number of rotatable bonds is 6. The number of amides is 1. The van der Waals surface area contributed by atoms with E-state index in [1.165, 1.54) is 6.07 Å². The average Bonchev–Trinajstić information content (AvgIpc) is 2.55. The van der Waals surface area contributed by atoms with E-state index in [1.807, 2.05) is 33.8 Å². The van der Waals surface area contributed by atoms with Gasteiger partial charge in [-0.2, -0.15) is 0 Å². The van der Waals surface area contributed by atoms with E-state index in [2.05, 4.69) is 30.8 Å². The molecule has 0 atom stereocenters. The largest absolute Gasteiger partial charge is 0.347 e. The highest BCUT2D eigenvalue weighted by Crippen LogP contribution is 2.27. The van der Waals surface area contributed by atoms with Crippen molar-refractivity contribution in [3.8, 4) is 0 Å². The van der Waals surface area contributed by atoms with E-state index in [-0.39, 0.29) is 16.2 Å². The number of hydrogen-bond acceptors (Lipinski definition) is 3. The van der Waals surface area contributed by atoms with E-state index in [0.29, 0.717) is 16.8 Å². The molecule has 5 nitrogen and oxygen atoms in total. The molecule has 2 rings (SSSR count). The Labute approximate surface area is 181 Å². The number of anilines is 1. The molecule has 0 unspecified atom stereocenters. The standard InChI is InChI=1S/C24H34N2O3S/c1-16-10-12-20(13-18(16)3)26-30(28,29)21-14-19(11-9-17(21)2)22(27)25-24(7,8)15-23(4,5)6/h9-14,26H,15H2,1-8H3,(H,25,27). The Morgan fingerprint density at radius 3 is 2.03 bits per heavy atom. The first kappa shape index (κ1) is 23.9. The number of aryl methyl sites for hydroxylation is 3. The predicted molar refractivity (Wildman–Crippen MR) is 124 cm³/mol. The van der Waals surface area contributed by atoms with Crippen molar-refractivity contribution in [3.63, 3.8) is 0 Å². The van der Waals surface area contributed by atoms with Crippen LogP contribution in [0.1, 0.15) is 68.1 Å². The second-order valence-electron chi connectivity index (χ2n) is 9.96. The molecule has 0 fully saturated rings. The first-order valence-electron chi connectivity index (χ1n) is 10.1. The Kier molecular flexibility index (Phi) is 6.72. The van der Waals surface area contributed by atoms with Crippen LogP contribution >= 0.6 is 0 Å². The summed E-state index contributed by atoms with van der Waals surface area (Å²) in [7, 11) is -3.83. The maximum absolute atomic E-state index is 13.0. The van der Waals surface area contributed by atoms with Crippen LogP contribution in [0.5, 0.6) is 0 Å². The van der Waals surface area contributed by atoms with Gasteiger partial charge in [0.2, 0.25) is 0 Å². The highest BCUT2D eigenvalue weighted by molar-refractivity contribution is 7.92. The molecule has 0 bridgehead atoms. The lowest BCUT2D eigenvalue weighted by atomic mass is 9.81. The van der Waals surface area contributed by atoms with Gasteiger partial charge in [0.15, 0.2) is 0 Å². The maximum atomic E-state index is 13.0. The number of carbonyl (C=O) groups excluding carboxylic acids is 1. The molecule has 0 radical (unpaired) electrons. The SMILES string of the molecule is Cc1ccc(NS(=O)(=O)c2cc(C(=O)NC(C)(C)CC(C)(C)C)ccc2C)cc1C. The molecule has 30 heavy (non-hydrogen) atoms. The minimum absolute atomic E-state index is 0.0502. The zero-order valence-electron chi connectivity index (χ0n) is 19.3. The van der Waals surface area contributed by atoms with E-state index in [1.54, 1.807) is 31.2 Å². The van der Waals surface area contributed by atoms with Crippen molar-refractivity contribution in [3.05, 3.63) is 58.7 Å². The van der Waals surface area contributed by atoms with Crippen molar-refractivity contribution >= 4 is 21.6 Å². The van der Waals surface area contributed by atoms with Gasteiger partial charge in [0.25, 0.3) is 15.9 Å². The molecular weight excluding hydrogens is 396 g/mol. The first-order valence-corrected chi connectivity index (χ1v) is 11.6. The van der Waals surface area contributed by atoms with Crippen LogP contribution in [0, 0.1) is 26.2 Å². The number of hydrogen-bond donors (Lipinski definition) is 2. The summed E-state index contributed by atoms with van der Waals surface area (Å²) in [6, 6.07) is 10.2. The molecule has 0 aliphatic rings. The maximum Gasteiger partial charge on any atom is 0.262 e. The van der Waals surface area contributed by atoms with Crippen LogP contribution in [-0.4, -0.2) is 19.9 Å². The van der Waals surface area contributed by atoms with Crippen LogP contribution in [-0.2, 0) is 10.0 Å². The lowest BCUT2D eigenvalue weighted by Crippen LogP contribution is -2.45. The van der Waals surface area contributed by atoms with Gasteiger partial charge in [-0.25, -0.2) is 8.42 Å². The number of nitrogens with one attached hydrogen (secondary N) is 2.